The minimum Gasteiger partial charge on any atom is -0.468 e. The van der Waals surface area contributed by atoms with Gasteiger partial charge in [-0.2, -0.15) is 4.99 Å². The van der Waals surface area contributed by atoms with E-state index in [1.807, 2.05) is 54.6 Å². The predicted octanol–water partition coefficient (Wildman–Crippen LogP) is 4.21. The van der Waals surface area contributed by atoms with Crippen LogP contribution in [0.15, 0.2) is 83.9 Å². The summed E-state index contributed by atoms with van der Waals surface area (Å²) >= 11 is 1.37. The molecule has 0 aliphatic carbocycles. The van der Waals surface area contributed by atoms with E-state index in [9.17, 15) is 9.59 Å². The Morgan fingerprint density at radius 2 is 1.57 bits per heavy atom. The molecule has 1 aromatic heterocycles. The first-order valence-corrected chi connectivity index (χ1v) is 10.3. The van der Waals surface area contributed by atoms with Gasteiger partial charge < -0.3 is 9.30 Å². The summed E-state index contributed by atoms with van der Waals surface area (Å²) < 4.78 is 7.46. The van der Waals surface area contributed by atoms with Crippen molar-refractivity contribution in [2.24, 2.45) is 4.99 Å². The summed E-state index contributed by atoms with van der Waals surface area (Å²) in [6, 6.07) is 25.3. The number of carbonyl (C=O) groups is 2. The SMILES string of the molecule is COC(=O)Cn1c(=NC(=O)c2ccc(Cc3ccccc3)cc2)sc2ccccc21. The van der Waals surface area contributed by atoms with Crippen molar-refractivity contribution in [3.05, 3.63) is 100 Å². The lowest BCUT2D eigenvalue weighted by Crippen LogP contribution is -2.22. The average Bonchev–Trinajstić information content (AvgIpc) is 3.11. The Hall–Kier alpha value is -3.51. The van der Waals surface area contributed by atoms with E-state index in [0.29, 0.717) is 10.4 Å². The van der Waals surface area contributed by atoms with Crippen LogP contribution in [0.3, 0.4) is 0 Å². The third kappa shape index (κ3) is 4.39. The summed E-state index contributed by atoms with van der Waals surface area (Å²) in [5.41, 5.74) is 3.70. The number of amides is 1. The number of fused-ring (bicyclic) bond motifs is 1. The van der Waals surface area contributed by atoms with Crippen LogP contribution in [0.2, 0.25) is 0 Å². The highest BCUT2D eigenvalue weighted by atomic mass is 32.1. The van der Waals surface area contributed by atoms with Crippen LogP contribution >= 0.6 is 11.3 Å². The monoisotopic (exact) mass is 416 g/mol. The van der Waals surface area contributed by atoms with Gasteiger partial charge in [-0.1, -0.05) is 65.9 Å². The molecule has 1 heterocycles. The van der Waals surface area contributed by atoms with Crippen LogP contribution in [0.5, 0.6) is 0 Å². The molecule has 0 saturated heterocycles. The van der Waals surface area contributed by atoms with Gasteiger partial charge in [0.25, 0.3) is 5.91 Å². The van der Waals surface area contributed by atoms with Crippen molar-refractivity contribution in [3.63, 3.8) is 0 Å². The Balaban J connectivity index is 1.63. The highest BCUT2D eigenvalue weighted by Gasteiger charge is 2.12. The molecule has 0 unspecified atom stereocenters. The summed E-state index contributed by atoms with van der Waals surface area (Å²) in [4.78, 5) is 29.4. The number of ether oxygens (including phenoxy) is 1. The lowest BCUT2D eigenvalue weighted by atomic mass is 10.0. The molecule has 0 fully saturated rings. The Morgan fingerprint density at radius 3 is 2.30 bits per heavy atom. The van der Waals surface area contributed by atoms with Crippen molar-refractivity contribution in [1.82, 2.24) is 4.57 Å². The van der Waals surface area contributed by atoms with E-state index < -0.39 is 5.97 Å². The number of nitrogens with zero attached hydrogens (tertiary/aromatic N) is 2. The van der Waals surface area contributed by atoms with E-state index in [0.717, 1.165) is 22.2 Å². The molecule has 0 spiro atoms. The topological polar surface area (TPSA) is 60.7 Å². The van der Waals surface area contributed by atoms with Gasteiger partial charge in [0.05, 0.1) is 17.3 Å². The third-order valence-corrected chi connectivity index (χ3v) is 5.81. The third-order valence-electron chi connectivity index (χ3n) is 4.75. The van der Waals surface area contributed by atoms with Gasteiger partial charge >= 0.3 is 5.97 Å². The molecule has 4 rings (SSSR count). The van der Waals surface area contributed by atoms with Gasteiger partial charge in [0.15, 0.2) is 4.80 Å². The van der Waals surface area contributed by atoms with Gasteiger partial charge in [-0.25, -0.2) is 0 Å². The van der Waals surface area contributed by atoms with Crippen LogP contribution in [0, 0.1) is 0 Å². The zero-order valence-corrected chi connectivity index (χ0v) is 17.3. The number of rotatable bonds is 5. The quantitative estimate of drug-likeness (QED) is 0.458. The van der Waals surface area contributed by atoms with Gasteiger partial charge in [-0.3, -0.25) is 9.59 Å². The van der Waals surface area contributed by atoms with Crippen LogP contribution in [0.25, 0.3) is 10.2 Å². The maximum atomic E-state index is 12.8. The summed E-state index contributed by atoms with van der Waals surface area (Å²) in [5, 5.41) is 0. The zero-order valence-electron chi connectivity index (χ0n) is 16.4. The second-order valence-electron chi connectivity index (χ2n) is 6.79. The minimum atomic E-state index is -0.391. The predicted molar refractivity (Wildman–Crippen MR) is 117 cm³/mol. The molecule has 6 heteroatoms. The molecule has 0 radical (unpaired) electrons. The zero-order chi connectivity index (χ0) is 20.9. The van der Waals surface area contributed by atoms with Crippen molar-refractivity contribution < 1.29 is 14.3 Å². The average molecular weight is 417 g/mol. The Morgan fingerprint density at radius 1 is 0.900 bits per heavy atom. The van der Waals surface area contributed by atoms with Crippen LogP contribution in [0.1, 0.15) is 21.5 Å². The number of benzene rings is 3. The largest absolute Gasteiger partial charge is 0.468 e. The molecule has 3 aromatic carbocycles. The van der Waals surface area contributed by atoms with Crippen LogP contribution < -0.4 is 4.80 Å². The summed E-state index contributed by atoms with van der Waals surface area (Å²) in [6.07, 6.45) is 0.807. The van der Waals surface area contributed by atoms with Crippen LogP contribution in [-0.2, 0) is 22.5 Å². The first kappa shape index (κ1) is 19.8. The number of hydrogen-bond acceptors (Lipinski definition) is 4. The molecule has 4 aromatic rings. The number of hydrogen-bond donors (Lipinski definition) is 0. The van der Waals surface area contributed by atoms with E-state index in [4.69, 9.17) is 4.74 Å². The van der Waals surface area contributed by atoms with Gasteiger partial charge in [-0.05, 0) is 41.8 Å². The fourth-order valence-corrected chi connectivity index (χ4v) is 4.23. The first-order chi connectivity index (χ1) is 14.6. The number of methoxy groups -OCH3 is 1. The normalized spacial score (nSPS) is 11.6. The maximum Gasteiger partial charge on any atom is 0.325 e. The molecule has 0 aliphatic heterocycles. The van der Waals surface area contributed by atoms with E-state index in [1.54, 1.807) is 16.7 Å². The van der Waals surface area contributed by atoms with Crippen LogP contribution in [-0.4, -0.2) is 23.6 Å². The summed E-state index contributed by atoms with van der Waals surface area (Å²) in [5.74, 6) is -0.732. The smallest absolute Gasteiger partial charge is 0.325 e. The molecular formula is C24H20N2O3S. The van der Waals surface area contributed by atoms with E-state index in [1.165, 1.54) is 24.0 Å². The van der Waals surface area contributed by atoms with Crippen LogP contribution in [0.4, 0.5) is 0 Å². The lowest BCUT2D eigenvalue weighted by molar-refractivity contribution is -0.141. The Labute approximate surface area is 177 Å². The fourth-order valence-electron chi connectivity index (χ4n) is 3.20. The van der Waals surface area contributed by atoms with Crippen molar-refractivity contribution in [3.8, 4) is 0 Å². The van der Waals surface area contributed by atoms with Gasteiger partial charge in [0.1, 0.15) is 6.54 Å². The number of thiazole rings is 1. The standard InChI is InChI=1S/C24H20N2O3S/c1-29-22(27)16-26-20-9-5-6-10-21(20)30-24(26)25-23(28)19-13-11-18(12-14-19)15-17-7-3-2-4-8-17/h2-14H,15-16H2,1H3. The Bertz CT molecular complexity index is 1260. The van der Waals surface area contributed by atoms with Crippen molar-refractivity contribution in [2.75, 3.05) is 7.11 Å². The summed E-state index contributed by atoms with van der Waals surface area (Å²) in [6.45, 7) is 0.00262. The summed E-state index contributed by atoms with van der Waals surface area (Å²) in [7, 11) is 1.34. The number of aromatic nitrogens is 1. The molecule has 0 aliphatic rings. The molecular weight excluding hydrogens is 396 g/mol. The molecule has 0 atom stereocenters. The van der Waals surface area contributed by atoms with Gasteiger partial charge in [-0.15, -0.1) is 0 Å². The number of esters is 1. The highest BCUT2D eigenvalue weighted by molar-refractivity contribution is 7.16. The van der Waals surface area contributed by atoms with E-state index in [2.05, 4.69) is 17.1 Å². The number of para-hydroxylation sites is 1. The maximum absolute atomic E-state index is 12.8. The first-order valence-electron chi connectivity index (χ1n) is 9.51. The molecule has 0 saturated carbocycles. The molecule has 150 valence electrons. The fraction of sp³-hybridized carbons (Fsp3) is 0.125. The van der Waals surface area contributed by atoms with Gasteiger partial charge in [0, 0.05) is 5.56 Å². The van der Waals surface area contributed by atoms with Crippen molar-refractivity contribution in [1.29, 1.82) is 0 Å². The van der Waals surface area contributed by atoms with E-state index in [-0.39, 0.29) is 12.5 Å². The van der Waals surface area contributed by atoms with Gasteiger partial charge in [0.2, 0.25) is 0 Å². The molecule has 1 amide bonds. The van der Waals surface area contributed by atoms with Crippen molar-refractivity contribution >= 4 is 33.4 Å². The molecule has 5 nitrogen and oxygen atoms in total. The molecule has 0 N–H and O–H groups in total. The lowest BCUT2D eigenvalue weighted by Gasteiger charge is -2.04. The Kier molecular flexibility index (Phi) is 5.86. The van der Waals surface area contributed by atoms with Crippen molar-refractivity contribution in [2.45, 2.75) is 13.0 Å². The highest BCUT2D eigenvalue weighted by Crippen LogP contribution is 2.17. The second kappa shape index (κ2) is 8.88. The number of carbonyl (C=O) groups excluding carboxylic acids is 2. The van der Waals surface area contributed by atoms with E-state index >= 15 is 0 Å². The minimum absolute atomic E-state index is 0.00262. The molecule has 30 heavy (non-hydrogen) atoms. The molecule has 0 bridgehead atoms. The second-order valence-corrected chi connectivity index (χ2v) is 7.80.